The normalized spacial score (nSPS) is 10.7. The fraction of sp³-hybridized carbons (Fsp3) is 0.250. The summed E-state index contributed by atoms with van der Waals surface area (Å²) in [5, 5.41) is 0.569. The molecule has 0 radical (unpaired) electrons. The molecule has 5 heteroatoms. The molecule has 0 aliphatic rings. The van der Waals surface area contributed by atoms with E-state index in [1.807, 2.05) is 36.4 Å². The number of hydrogen-bond acceptors (Lipinski definition) is 3. The predicted octanol–water partition coefficient (Wildman–Crippen LogP) is -0.623. The van der Waals surface area contributed by atoms with E-state index < -0.39 is 0 Å². The largest absolute Gasteiger partial charge is 1.00 e. The van der Waals surface area contributed by atoms with Gasteiger partial charge < -0.3 is 26.5 Å². The van der Waals surface area contributed by atoms with Crippen LogP contribution in [0.1, 0.15) is 6.42 Å². The van der Waals surface area contributed by atoms with Crippen molar-refractivity contribution in [2.45, 2.75) is 6.42 Å². The predicted molar refractivity (Wildman–Crippen MR) is 95.7 cm³/mol. The van der Waals surface area contributed by atoms with E-state index in [2.05, 4.69) is 14.1 Å². The second kappa shape index (κ2) is 8.70. The third-order valence-corrected chi connectivity index (χ3v) is 3.85. The number of fused-ring (bicyclic) bond motifs is 1. The van der Waals surface area contributed by atoms with E-state index in [9.17, 15) is 4.79 Å². The molecule has 1 heterocycles. The van der Waals surface area contributed by atoms with Crippen molar-refractivity contribution >= 4 is 11.0 Å². The van der Waals surface area contributed by atoms with Gasteiger partial charge in [0.1, 0.15) is 17.1 Å². The molecule has 3 aromatic rings. The molecule has 0 atom stereocenters. The van der Waals surface area contributed by atoms with E-state index in [-0.39, 0.29) is 17.8 Å². The zero-order valence-electron chi connectivity index (χ0n) is 14.4. The van der Waals surface area contributed by atoms with Crippen LogP contribution >= 0.6 is 0 Å². The maximum atomic E-state index is 12.3. The number of halogens is 1. The molecular weight excluding hydrogens is 338 g/mol. The summed E-state index contributed by atoms with van der Waals surface area (Å²) in [5.41, 5.74) is 1.40. The van der Waals surface area contributed by atoms with E-state index in [1.54, 1.807) is 12.1 Å². The Balaban J connectivity index is 0.00000225. The fourth-order valence-electron chi connectivity index (χ4n) is 2.59. The highest BCUT2D eigenvalue weighted by Crippen LogP contribution is 2.24. The highest BCUT2D eigenvalue weighted by molar-refractivity contribution is 5.80. The van der Waals surface area contributed by atoms with Gasteiger partial charge in [-0.1, -0.05) is 30.3 Å². The van der Waals surface area contributed by atoms with Gasteiger partial charge in [0.05, 0.1) is 32.6 Å². The maximum absolute atomic E-state index is 12.3. The molecule has 0 spiro atoms. The lowest BCUT2D eigenvalue weighted by atomic mass is 10.1. The van der Waals surface area contributed by atoms with Gasteiger partial charge in [-0.3, -0.25) is 4.79 Å². The zero-order chi connectivity index (χ0) is 16.9. The van der Waals surface area contributed by atoms with Gasteiger partial charge >= 0.3 is 0 Å². The average Bonchev–Trinajstić information content (AvgIpc) is 2.59. The number of ether oxygens (including phenoxy) is 1. The molecule has 0 unspecified atom stereocenters. The molecule has 4 nitrogen and oxygen atoms in total. The van der Waals surface area contributed by atoms with E-state index in [4.69, 9.17) is 9.15 Å². The van der Waals surface area contributed by atoms with E-state index >= 15 is 0 Å². The molecule has 0 amide bonds. The minimum Gasteiger partial charge on any atom is -1.00 e. The van der Waals surface area contributed by atoms with Crippen molar-refractivity contribution in [1.29, 1.82) is 0 Å². The average molecular weight is 360 g/mol. The first-order valence-electron chi connectivity index (χ1n) is 8.18. The van der Waals surface area contributed by atoms with Crippen LogP contribution in [-0.4, -0.2) is 27.2 Å². The van der Waals surface area contributed by atoms with Gasteiger partial charge in [0.25, 0.3) is 0 Å². The van der Waals surface area contributed by atoms with Gasteiger partial charge in [-0.15, -0.1) is 0 Å². The van der Waals surface area contributed by atoms with Crippen LogP contribution in [0.3, 0.4) is 0 Å². The SMILES string of the molecule is C[NH+](C)CCCOc1ccc2c(=O)cc(-c3ccccc3)oc2c1.[Cl-]. The quantitative estimate of drug-likeness (QED) is 0.596. The Kier molecular flexibility index (Phi) is 6.62. The maximum Gasteiger partial charge on any atom is 0.193 e. The van der Waals surface area contributed by atoms with Crippen molar-refractivity contribution in [2.24, 2.45) is 0 Å². The minimum atomic E-state index is -0.0436. The summed E-state index contributed by atoms with van der Waals surface area (Å²) in [6.45, 7) is 1.71. The number of nitrogens with one attached hydrogen (secondary N) is 1. The molecule has 0 aliphatic carbocycles. The molecule has 0 aliphatic heterocycles. The van der Waals surface area contributed by atoms with Crippen molar-refractivity contribution < 1.29 is 26.5 Å². The Morgan fingerprint density at radius 3 is 2.52 bits per heavy atom. The first kappa shape index (κ1) is 19.0. The topological polar surface area (TPSA) is 43.9 Å². The highest BCUT2D eigenvalue weighted by Gasteiger charge is 2.08. The summed E-state index contributed by atoms with van der Waals surface area (Å²) in [6.07, 6.45) is 0.981. The molecule has 0 saturated heterocycles. The third-order valence-electron chi connectivity index (χ3n) is 3.85. The van der Waals surface area contributed by atoms with Crippen LogP contribution in [0, 0.1) is 0 Å². The fourth-order valence-corrected chi connectivity index (χ4v) is 2.59. The van der Waals surface area contributed by atoms with Crippen LogP contribution in [0.5, 0.6) is 5.75 Å². The summed E-state index contributed by atoms with van der Waals surface area (Å²) in [5.74, 6) is 1.30. The number of benzene rings is 2. The molecule has 0 bridgehead atoms. The lowest BCUT2D eigenvalue weighted by Crippen LogP contribution is -3.05. The van der Waals surface area contributed by atoms with Crippen molar-refractivity contribution in [2.75, 3.05) is 27.2 Å². The Hall–Kier alpha value is -2.30. The molecule has 25 heavy (non-hydrogen) atoms. The van der Waals surface area contributed by atoms with E-state index in [0.29, 0.717) is 23.3 Å². The summed E-state index contributed by atoms with van der Waals surface area (Å²) < 4.78 is 11.7. The molecule has 1 aromatic heterocycles. The van der Waals surface area contributed by atoms with Crippen LogP contribution in [0.15, 0.2) is 63.8 Å². The highest BCUT2D eigenvalue weighted by atomic mass is 35.5. The van der Waals surface area contributed by atoms with Crippen LogP contribution in [0.4, 0.5) is 0 Å². The lowest BCUT2D eigenvalue weighted by Gasteiger charge is -2.09. The second-order valence-electron chi connectivity index (χ2n) is 6.16. The first-order valence-corrected chi connectivity index (χ1v) is 8.18. The minimum absolute atomic E-state index is 0. The Labute approximate surface area is 153 Å². The summed E-state index contributed by atoms with van der Waals surface area (Å²) >= 11 is 0. The summed E-state index contributed by atoms with van der Waals surface area (Å²) in [6, 6.07) is 16.6. The summed E-state index contributed by atoms with van der Waals surface area (Å²) in [4.78, 5) is 13.7. The van der Waals surface area contributed by atoms with Crippen LogP contribution in [0.2, 0.25) is 0 Å². The third kappa shape index (κ3) is 4.84. The summed E-state index contributed by atoms with van der Waals surface area (Å²) in [7, 11) is 4.24. The monoisotopic (exact) mass is 359 g/mol. The van der Waals surface area contributed by atoms with Crippen molar-refractivity contribution in [3.63, 3.8) is 0 Å². The second-order valence-corrected chi connectivity index (χ2v) is 6.16. The molecule has 1 N–H and O–H groups in total. The standard InChI is InChI=1S/C20H21NO3.ClH/c1-21(2)11-6-12-23-16-9-10-17-18(22)14-19(24-20(17)13-16)15-7-4-3-5-8-15;/h3-5,7-10,13-14H,6,11-12H2,1-2H3;1H. The number of quaternary nitrogens is 1. The van der Waals surface area contributed by atoms with Gasteiger partial charge in [-0.25, -0.2) is 0 Å². The van der Waals surface area contributed by atoms with Gasteiger partial charge in [0.15, 0.2) is 5.43 Å². The van der Waals surface area contributed by atoms with Crippen molar-refractivity contribution in [3.8, 4) is 17.1 Å². The Morgan fingerprint density at radius 2 is 1.80 bits per heavy atom. The number of rotatable bonds is 6. The molecule has 2 aromatic carbocycles. The van der Waals surface area contributed by atoms with Crippen molar-refractivity contribution in [3.05, 3.63) is 64.8 Å². The van der Waals surface area contributed by atoms with Gasteiger partial charge in [0, 0.05) is 24.1 Å². The van der Waals surface area contributed by atoms with Crippen molar-refractivity contribution in [1.82, 2.24) is 0 Å². The Morgan fingerprint density at radius 1 is 1.04 bits per heavy atom. The lowest BCUT2D eigenvalue weighted by molar-refractivity contribution is -0.858. The zero-order valence-corrected chi connectivity index (χ0v) is 15.2. The molecule has 3 rings (SSSR count). The smallest absolute Gasteiger partial charge is 0.193 e. The van der Waals surface area contributed by atoms with Crippen LogP contribution < -0.4 is 27.5 Å². The van der Waals surface area contributed by atoms with Gasteiger partial charge in [-0.2, -0.15) is 0 Å². The molecule has 0 fully saturated rings. The van der Waals surface area contributed by atoms with E-state index in [0.717, 1.165) is 24.3 Å². The Bertz CT molecular complexity index is 875. The first-order chi connectivity index (χ1) is 11.6. The molecular formula is C20H22ClNO3. The van der Waals surface area contributed by atoms with Crippen LogP contribution in [-0.2, 0) is 0 Å². The molecule has 0 saturated carbocycles. The van der Waals surface area contributed by atoms with Crippen LogP contribution in [0.25, 0.3) is 22.3 Å². The van der Waals surface area contributed by atoms with Gasteiger partial charge in [-0.05, 0) is 12.1 Å². The van der Waals surface area contributed by atoms with E-state index in [1.165, 1.54) is 11.0 Å². The number of hydrogen-bond donors (Lipinski definition) is 1. The van der Waals surface area contributed by atoms with Gasteiger partial charge in [0.2, 0.25) is 0 Å². The molecule has 132 valence electrons.